The third kappa shape index (κ3) is 3.85. The normalized spacial score (nSPS) is 20.5. The molecule has 3 rings (SSSR count). The summed E-state index contributed by atoms with van der Waals surface area (Å²) in [5.74, 6) is 4.46. The summed E-state index contributed by atoms with van der Waals surface area (Å²) in [4.78, 5) is 15.0. The van der Waals surface area contributed by atoms with E-state index >= 15 is 0 Å². The molecule has 124 valence electrons. The Labute approximate surface area is 145 Å². The molecule has 0 saturated carbocycles. The van der Waals surface area contributed by atoms with E-state index in [9.17, 15) is 9.90 Å². The van der Waals surface area contributed by atoms with Crippen molar-refractivity contribution in [1.82, 2.24) is 4.90 Å². The van der Waals surface area contributed by atoms with Crippen LogP contribution in [-0.4, -0.2) is 40.8 Å². The van der Waals surface area contributed by atoms with Gasteiger partial charge in [-0.1, -0.05) is 42.2 Å². The van der Waals surface area contributed by atoms with Crippen LogP contribution in [0.3, 0.4) is 0 Å². The highest BCUT2D eigenvalue weighted by molar-refractivity contribution is 7.10. The van der Waals surface area contributed by atoms with Crippen molar-refractivity contribution in [1.29, 1.82) is 0 Å². The van der Waals surface area contributed by atoms with Gasteiger partial charge >= 0.3 is 5.97 Å². The Morgan fingerprint density at radius 2 is 2.08 bits per heavy atom. The van der Waals surface area contributed by atoms with E-state index in [0.29, 0.717) is 6.54 Å². The Morgan fingerprint density at radius 1 is 1.29 bits per heavy atom. The molecule has 0 aliphatic carbocycles. The second kappa shape index (κ2) is 7.63. The van der Waals surface area contributed by atoms with Crippen LogP contribution in [0, 0.1) is 17.8 Å². The molecule has 1 aliphatic heterocycles. The number of aliphatic hydroxyl groups is 1. The molecule has 1 saturated heterocycles. The van der Waals surface area contributed by atoms with Gasteiger partial charge in [-0.3, -0.25) is 9.69 Å². The predicted molar refractivity (Wildman–Crippen MR) is 93.9 cm³/mol. The van der Waals surface area contributed by atoms with Gasteiger partial charge in [0.1, 0.15) is 6.61 Å². The van der Waals surface area contributed by atoms with Crippen LogP contribution in [0.2, 0.25) is 0 Å². The number of hydrogen-bond acceptors (Lipinski definition) is 4. The number of benzene rings is 1. The summed E-state index contributed by atoms with van der Waals surface area (Å²) in [7, 11) is 0. The summed E-state index contributed by atoms with van der Waals surface area (Å²) in [5, 5.41) is 20.3. The highest BCUT2D eigenvalue weighted by Gasteiger charge is 2.38. The van der Waals surface area contributed by atoms with Gasteiger partial charge in [0.15, 0.2) is 0 Å². The first-order chi connectivity index (χ1) is 11.7. The van der Waals surface area contributed by atoms with Crippen LogP contribution in [0.4, 0.5) is 0 Å². The number of carboxylic acids is 1. The van der Waals surface area contributed by atoms with Gasteiger partial charge < -0.3 is 10.2 Å². The molecule has 2 atom stereocenters. The molecule has 5 heteroatoms. The first-order valence-corrected chi connectivity index (χ1v) is 8.72. The molecule has 1 fully saturated rings. The third-order valence-electron chi connectivity index (χ3n) is 4.29. The smallest absolute Gasteiger partial charge is 0.308 e. The van der Waals surface area contributed by atoms with Crippen molar-refractivity contribution < 1.29 is 15.0 Å². The number of carboxylic acid groups (broad SMARTS) is 1. The van der Waals surface area contributed by atoms with Gasteiger partial charge in [-0.25, -0.2) is 0 Å². The van der Waals surface area contributed by atoms with Crippen LogP contribution < -0.4 is 0 Å². The van der Waals surface area contributed by atoms with Crippen molar-refractivity contribution in [2.75, 3.05) is 19.7 Å². The summed E-state index contributed by atoms with van der Waals surface area (Å²) in [6.07, 6.45) is 0. The van der Waals surface area contributed by atoms with E-state index in [4.69, 9.17) is 5.11 Å². The molecule has 2 N–H and O–H groups in total. The molecule has 1 aromatic carbocycles. The standard InChI is InChI=1S/C19H19NO3S/c21-8-4-5-14-9-16(24-13-14)10-20-11-17(18(12-20)19(22)23)15-6-2-1-3-7-15/h1-3,6-7,9,13,17-18,21H,8,10-12H2,(H,22,23)/t17-,18+/m0/s1. The molecule has 2 heterocycles. The highest BCUT2D eigenvalue weighted by Crippen LogP contribution is 2.34. The molecule has 0 radical (unpaired) electrons. The minimum Gasteiger partial charge on any atom is -0.481 e. The summed E-state index contributed by atoms with van der Waals surface area (Å²) in [6, 6.07) is 11.9. The SMILES string of the molecule is O=C(O)[C@@H]1CN(Cc2cc(C#CCO)cs2)C[C@H]1c1ccccc1. The van der Waals surface area contributed by atoms with Crippen molar-refractivity contribution >= 4 is 17.3 Å². The molecule has 0 bridgehead atoms. The fourth-order valence-electron chi connectivity index (χ4n) is 3.19. The fraction of sp³-hybridized carbons (Fsp3) is 0.316. The lowest BCUT2D eigenvalue weighted by molar-refractivity contribution is -0.141. The van der Waals surface area contributed by atoms with Crippen LogP contribution >= 0.6 is 11.3 Å². The van der Waals surface area contributed by atoms with Gasteiger partial charge in [0.2, 0.25) is 0 Å². The molecule has 1 aliphatic rings. The zero-order chi connectivity index (χ0) is 16.9. The quantitative estimate of drug-likeness (QED) is 0.839. The molecule has 24 heavy (non-hydrogen) atoms. The first kappa shape index (κ1) is 16.7. The summed E-state index contributed by atoms with van der Waals surface area (Å²) >= 11 is 1.62. The number of rotatable bonds is 4. The predicted octanol–water partition coefficient (Wildman–Crippen LogP) is 2.39. The molecule has 0 amide bonds. The second-order valence-corrected chi connectivity index (χ2v) is 6.91. The molecule has 0 unspecified atom stereocenters. The number of nitrogens with zero attached hydrogens (tertiary/aromatic N) is 1. The Bertz CT molecular complexity index is 760. The van der Waals surface area contributed by atoms with E-state index in [0.717, 1.165) is 29.1 Å². The van der Waals surface area contributed by atoms with Gasteiger partial charge in [-0.05, 0) is 11.6 Å². The summed E-state index contributed by atoms with van der Waals surface area (Å²) < 4.78 is 0. The maximum Gasteiger partial charge on any atom is 0.308 e. The topological polar surface area (TPSA) is 60.8 Å². The van der Waals surface area contributed by atoms with Crippen LogP contribution in [0.1, 0.15) is 21.9 Å². The van der Waals surface area contributed by atoms with Crippen molar-refractivity contribution in [3.63, 3.8) is 0 Å². The zero-order valence-corrected chi connectivity index (χ0v) is 14.0. The van der Waals surface area contributed by atoms with E-state index in [1.165, 1.54) is 0 Å². The zero-order valence-electron chi connectivity index (χ0n) is 13.2. The van der Waals surface area contributed by atoms with E-state index in [1.807, 2.05) is 41.8 Å². The number of carbonyl (C=O) groups is 1. The van der Waals surface area contributed by atoms with Gasteiger partial charge in [-0.15, -0.1) is 11.3 Å². The first-order valence-electron chi connectivity index (χ1n) is 7.84. The minimum absolute atomic E-state index is 0.0253. The van der Waals surface area contributed by atoms with Crippen LogP contribution in [-0.2, 0) is 11.3 Å². The maximum absolute atomic E-state index is 11.6. The number of hydrogen-bond donors (Lipinski definition) is 2. The third-order valence-corrected chi connectivity index (χ3v) is 5.21. The largest absolute Gasteiger partial charge is 0.481 e. The van der Waals surface area contributed by atoms with Crippen LogP contribution in [0.5, 0.6) is 0 Å². The van der Waals surface area contributed by atoms with Gasteiger partial charge in [0.25, 0.3) is 0 Å². The Kier molecular flexibility index (Phi) is 5.31. The van der Waals surface area contributed by atoms with E-state index in [2.05, 4.69) is 16.7 Å². The molecular weight excluding hydrogens is 322 g/mol. The summed E-state index contributed by atoms with van der Waals surface area (Å²) in [6.45, 7) is 1.90. The molecule has 0 spiro atoms. The monoisotopic (exact) mass is 341 g/mol. The average Bonchev–Trinajstić information content (AvgIpc) is 3.21. The van der Waals surface area contributed by atoms with E-state index in [1.54, 1.807) is 11.3 Å². The van der Waals surface area contributed by atoms with Crippen molar-refractivity contribution in [2.24, 2.45) is 5.92 Å². The number of aliphatic hydroxyl groups excluding tert-OH is 1. The second-order valence-electron chi connectivity index (χ2n) is 5.92. The lowest BCUT2D eigenvalue weighted by Crippen LogP contribution is -2.22. The van der Waals surface area contributed by atoms with Gasteiger partial charge in [0, 0.05) is 41.4 Å². The van der Waals surface area contributed by atoms with E-state index in [-0.39, 0.29) is 18.4 Å². The summed E-state index contributed by atoms with van der Waals surface area (Å²) in [5.41, 5.74) is 1.99. The highest BCUT2D eigenvalue weighted by atomic mass is 32.1. The van der Waals surface area contributed by atoms with E-state index < -0.39 is 5.97 Å². The maximum atomic E-state index is 11.6. The Hall–Kier alpha value is -2.13. The lowest BCUT2D eigenvalue weighted by Gasteiger charge is -2.15. The van der Waals surface area contributed by atoms with Crippen molar-refractivity contribution in [2.45, 2.75) is 12.5 Å². The fourth-order valence-corrected chi connectivity index (χ4v) is 4.05. The molecule has 4 nitrogen and oxygen atoms in total. The number of thiophene rings is 1. The number of aliphatic carboxylic acids is 1. The molecule has 2 aromatic rings. The average molecular weight is 341 g/mol. The van der Waals surface area contributed by atoms with Crippen LogP contribution in [0.25, 0.3) is 0 Å². The Balaban J connectivity index is 1.71. The molecular formula is C19H19NO3S. The van der Waals surface area contributed by atoms with Crippen molar-refractivity contribution in [3.05, 3.63) is 57.8 Å². The van der Waals surface area contributed by atoms with Crippen LogP contribution in [0.15, 0.2) is 41.8 Å². The molecule has 1 aromatic heterocycles. The Morgan fingerprint density at radius 3 is 2.79 bits per heavy atom. The van der Waals surface area contributed by atoms with Gasteiger partial charge in [-0.2, -0.15) is 0 Å². The lowest BCUT2D eigenvalue weighted by atomic mass is 9.89. The van der Waals surface area contributed by atoms with Crippen molar-refractivity contribution in [3.8, 4) is 11.8 Å². The number of likely N-dealkylation sites (tertiary alicyclic amines) is 1. The minimum atomic E-state index is -0.730. The van der Waals surface area contributed by atoms with Gasteiger partial charge in [0.05, 0.1) is 5.92 Å².